The van der Waals surface area contributed by atoms with Gasteiger partial charge in [0.2, 0.25) is 5.96 Å². The third-order valence-corrected chi connectivity index (χ3v) is 6.06. The summed E-state index contributed by atoms with van der Waals surface area (Å²) < 4.78 is 32.8. The molecule has 1 aromatic carbocycles. The zero-order valence-corrected chi connectivity index (χ0v) is 17.5. The van der Waals surface area contributed by atoms with E-state index in [4.69, 9.17) is 10.9 Å². The van der Waals surface area contributed by atoms with Crippen molar-refractivity contribution in [3.63, 3.8) is 0 Å². The quantitative estimate of drug-likeness (QED) is 0.210. The Morgan fingerprint density at radius 1 is 1.18 bits per heavy atom. The van der Waals surface area contributed by atoms with E-state index in [-0.39, 0.29) is 24.1 Å². The van der Waals surface area contributed by atoms with Gasteiger partial charge in [-0.3, -0.25) is 4.98 Å². The van der Waals surface area contributed by atoms with Gasteiger partial charge >= 0.3 is 0 Å². The highest BCUT2D eigenvalue weighted by Gasteiger charge is 2.23. The van der Waals surface area contributed by atoms with Crippen molar-refractivity contribution in [1.82, 2.24) is 34.7 Å². The molecule has 4 aromatic rings. The maximum atomic E-state index is 14.9. The zero-order valence-electron chi connectivity index (χ0n) is 17.5. The molecule has 1 aliphatic heterocycles. The van der Waals surface area contributed by atoms with Crippen molar-refractivity contribution >= 4 is 16.9 Å². The smallest absolute Gasteiger partial charge is 0.233 e. The molecule has 0 aliphatic carbocycles. The highest BCUT2D eigenvalue weighted by molar-refractivity contribution is 5.83. The molecule has 1 aliphatic rings. The second-order valence-corrected chi connectivity index (χ2v) is 7.98. The largest absolute Gasteiger partial charge is 0.408 e. The predicted octanol–water partition coefficient (Wildman–Crippen LogP) is 2.22. The van der Waals surface area contributed by atoms with Crippen molar-refractivity contribution in [3.8, 4) is 5.69 Å². The average Bonchev–Trinajstić information content (AvgIpc) is 3.51. The fraction of sp³-hybridized carbons (Fsp3) is 0.286. The minimum atomic E-state index is -0.461. The molecule has 1 saturated heterocycles. The highest BCUT2D eigenvalue weighted by Crippen LogP contribution is 2.29. The minimum Gasteiger partial charge on any atom is -0.408 e. The number of pyridine rings is 1. The standard InChI is InChI=1S/C21H21F2N9O/c22-17-8-15(13-1-4-30(5-2-13)21(24)27-33)10-25-19(17)11-31-6-3-14-7-16(9-18(23)20(14)31)32-12-26-28-29-32/h3,6-10,12-13,33H,1-2,4-5,11H2,(H2,24,27). The number of tetrazole rings is 1. The van der Waals surface area contributed by atoms with Gasteiger partial charge in [-0.25, -0.2) is 13.5 Å². The van der Waals surface area contributed by atoms with E-state index < -0.39 is 11.6 Å². The summed E-state index contributed by atoms with van der Waals surface area (Å²) in [6, 6.07) is 6.36. The summed E-state index contributed by atoms with van der Waals surface area (Å²) >= 11 is 0. The Hall–Kier alpha value is -4.09. The first-order chi connectivity index (χ1) is 16.0. The molecule has 0 unspecified atom stereocenters. The van der Waals surface area contributed by atoms with Gasteiger partial charge in [-0.05, 0) is 52.9 Å². The number of rotatable bonds is 4. The first kappa shape index (κ1) is 20.8. The summed E-state index contributed by atoms with van der Waals surface area (Å²) in [6.07, 6.45) is 6.26. The monoisotopic (exact) mass is 453 g/mol. The average molecular weight is 453 g/mol. The van der Waals surface area contributed by atoms with E-state index in [1.807, 2.05) is 0 Å². The molecule has 1 fully saturated rings. The zero-order chi connectivity index (χ0) is 22.9. The van der Waals surface area contributed by atoms with Crippen molar-refractivity contribution in [2.45, 2.75) is 25.3 Å². The molecule has 0 amide bonds. The van der Waals surface area contributed by atoms with Gasteiger partial charge in [0.25, 0.3) is 0 Å². The number of nitrogens with two attached hydrogens (primary N) is 1. The molecule has 0 saturated carbocycles. The maximum absolute atomic E-state index is 14.9. The van der Waals surface area contributed by atoms with Crippen molar-refractivity contribution in [2.24, 2.45) is 10.9 Å². The lowest BCUT2D eigenvalue weighted by molar-refractivity contribution is 0.271. The van der Waals surface area contributed by atoms with Gasteiger partial charge in [-0.2, -0.15) is 0 Å². The Bertz CT molecular complexity index is 1310. The molecule has 0 bridgehead atoms. The van der Waals surface area contributed by atoms with Crippen LogP contribution in [0.15, 0.2) is 48.1 Å². The van der Waals surface area contributed by atoms with Crippen LogP contribution in [0.5, 0.6) is 0 Å². The van der Waals surface area contributed by atoms with Crippen LogP contribution in [0.1, 0.15) is 30.0 Å². The van der Waals surface area contributed by atoms with Gasteiger partial charge in [0.15, 0.2) is 0 Å². The highest BCUT2D eigenvalue weighted by atomic mass is 19.1. The molecule has 3 aromatic heterocycles. The number of guanidine groups is 1. The first-order valence-electron chi connectivity index (χ1n) is 10.4. The number of nitrogens with zero attached hydrogens (tertiary/aromatic N) is 8. The van der Waals surface area contributed by atoms with Crippen molar-refractivity contribution in [3.05, 3.63) is 65.9 Å². The van der Waals surface area contributed by atoms with Crippen LogP contribution >= 0.6 is 0 Å². The van der Waals surface area contributed by atoms with Crippen LogP contribution < -0.4 is 5.73 Å². The van der Waals surface area contributed by atoms with Gasteiger partial charge in [-0.1, -0.05) is 5.16 Å². The predicted molar refractivity (Wildman–Crippen MR) is 115 cm³/mol. The molecule has 0 spiro atoms. The van der Waals surface area contributed by atoms with Crippen LogP contribution in [0.25, 0.3) is 16.6 Å². The Balaban J connectivity index is 1.35. The van der Waals surface area contributed by atoms with Gasteiger partial charge in [0.05, 0.1) is 23.4 Å². The van der Waals surface area contributed by atoms with Crippen LogP contribution in [0.4, 0.5) is 8.78 Å². The number of likely N-dealkylation sites (tertiary alicyclic amines) is 1. The molecule has 3 N–H and O–H groups in total. The third-order valence-electron chi connectivity index (χ3n) is 6.06. The topological polar surface area (TPSA) is 123 Å². The lowest BCUT2D eigenvalue weighted by Crippen LogP contribution is -2.42. The van der Waals surface area contributed by atoms with E-state index in [0.717, 1.165) is 18.4 Å². The van der Waals surface area contributed by atoms with E-state index in [9.17, 15) is 8.78 Å². The number of oxime groups is 1. The number of hydrogen-bond acceptors (Lipinski definition) is 6. The third kappa shape index (κ3) is 3.95. The molecular weight excluding hydrogens is 432 g/mol. The number of piperidine rings is 1. The van der Waals surface area contributed by atoms with Crippen molar-refractivity contribution in [1.29, 1.82) is 0 Å². The Morgan fingerprint density at radius 2 is 2.00 bits per heavy atom. The minimum absolute atomic E-state index is 0.0874. The van der Waals surface area contributed by atoms with Crippen LogP contribution in [-0.4, -0.2) is 58.9 Å². The molecule has 33 heavy (non-hydrogen) atoms. The second kappa shape index (κ2) is 8.45. The van der Waals surface area contributed by atoms with Crippen LogP contribution in [-0.2, 0) is 6.54 Å². The molecule has 170 valence electrons. The van der Waals surface area contributed by atoms with Crippen molar-refractivity contribution in [2.75, 3.05) is 13.1 Å². The molecule has 5 rings (SSSR count). The first-order valence-corrected chi connectivity index (χ1v) is 10.4. The number of aromatic nitrogens is 6. The Kier molecular flexibility index (Phi) is 5.32. The summed E-state index contributed by atoms with van der Waals surface area (Å²) in [7, 11) is 0. The fourth-order valence-electron chi connectivity index (χ4n) is 4.31. The van der Waals surface area contributed by atoms with E-state index in [1.165, 1.54) is 23.1 Å². The van der Waals surface area contributed by atoms with Gasteiger partial charge in [0, 0.05) is 36.9 Å². The lowest BCUT2D eigenvalue weighted by atomic mass is 9.90. The van der Waals surface area contributed by atoms with Crippen LogP contribution in [0.3, 0.4) is 0 Å². The van der Waals surface area contributed by atoms with Gasteiger partial charge in [0.1, 0.15) is 18.0 Å². The Labute approximate surface area is 186 Å². The number of halogens is 2. The van der Waals surface area contributed by atoms with E-state index in [0.29, 0.717) is 29.7 Å². The summed E-state index contributed by atoms with van der Waals surface area (Å²) in [5.74, 6) is -0.667. The Morgan fingerprint density at radius 3 is 2.70 bits per heavy atom. The number of benzene rings is 1. The van der Waals surface area contributed by atoms with E-state index in [2.05, 4.69) is 25.7 Å². The number of fused-ring (bicyclic) bond motifs is 1. The molecule has 10 nitrogen and oxygen atoms in total. The molecule has 4 heterocycles. The van der Waals surface area contributed by atoms with Gasteiger partial charge < -0.3 is 20.4 Å². The summed E-state index contributed by atoms with van der Waals surface area (Å²) in [4.78, 5) is 6.13. The van der Waals surface area contributed by atoms with Gasteiger partial charge in [-0.15, -0.1) is 5.10 Å². The summed E-state index contributed by atoms with van der Waals surface area (Å²) in [5, 5.41) is 23.4. The van der Waals surface area contributed by atoms with E-state index >= 15 is 0 Å². The lowest BCUT2D eigenvalue weighted by Gasteiger charge is -2.32. The molecule has 12 heteroatoms. The number of hydrogen-bond donors (Lipinski definition) is 2. The normalized spacial score (nSPS) is 15.5. The van der Waals surface area contributed by atoms with Crippen molar-refractivity contribution < 1.29 is 14.0 Å². The second-order valence-electron chi connectivity index (χ2n) is 7.98. The molecule has 0 atom stereocenters. The summed E-state index contributed by atoms with van der Waals surface area (Å²) in [5.41, 5.74) is 7.53. The molecule has 0 radical (unpaired) electrons. The van der Waals surface area contributed by atoms with Crippen LogP contribution in [0, 0.1) is 11.6 Å². The molecular formula is C21H21F2N9O. The van der Waals surface area contributed by atoms with Crippen LogP contribution in [0.2, 0.25) is 0 Å². The maximum Gasteiger partial charge on any atom is 0.233 e. The SMILES string of the molecule is N/C(=N\O)N1CCC(c2cnc(Cn3ccc4cc(-n5cnnn5)cc(F)c43)c(F)c2)CC1. The fourth-order valence-corrected chi connectivity index (χ4v) is 4.31. The summed E-state index contributed by atoms with van der Waals surface area (Å²) in [6.45, 7) is 1.33. The van der Waals surface area contributed by atoms with E-state index in [1.54, 1.807) is 34.0 Å².